The van der Waals surface area contributed by atoms with Gasteiger partial charge in [0.25, 0.3) is 5.91 Å². The smallest absolute Gasteiger partial charge is 0.251 e. The first-order valence-corrected chi connectivity index (χ1v) is 12.8. The molecule has 0 aliphatic rings. The fourth-order valence-electron chi connectivity index (χ4n) is 3.47. The highest BCUT2D eigenvalue weighted by Gasteiger charge is 2.23. The Morgan fingerprint density at radius 1 is 1.06 bits per heavy atom. The third kappa shape index (κ3) is 6.17. The van der Waals surface area contributed by atoms with E-state index >= 15 is 0 Å². The van der Waals surface area contributed by atoms with Gasteiger partial charge in [0.1, 0.15) is 5.75 Å². The predicted octanol–water partition coefficient (Wildman–Crippen LogP) is 5.36. The summed E-state index contributed by atoms with van der Waals surface area (Å²) in [5.74, 6) is 0.270. The van der Waals surface area contributed by atoms with Gasteiger partial charge in [-0.3, -0.25) is 4.79 Å². The molecule has 0 aliphatic heterocycles. The summed E-state index contributed by atoms with van der Waals surface area (Å²) >= 11 is 5.95. The molecule has 0 bridgehead atoms. The monoisotopic (exact) mass is 500 g/mol. The van der Waals surface area contributed by atoms with Crippen LogP contribution >= 0.6 is 11.6 Å². The highest BCUT2D eigenvalue weighted by Crippen LogP contribution is 2.25. The summed E-state index contributed by atoms with van der Waals surface area (Å²) in [6.07, 6.45) is 0. The Bertz CT molecular complexity index is 1240. The fraction of sp³-hybridized carbons (Fsp3) is 0.269. The van der Waals surface area contributed by atoms with Crippen molar-refractivity contribution in [3.63, 3.8) is 0 Å². The van der Waals surface area contributed by atoms with Crippen LogP contribution in [0.5, 0.6) is 5.75 Å². The number of benzene rings is 3. The quantitative estimate of drug-likeness (QED) is 0.429. The number of carbonyl (C=O) groups is 1. The van der Waals surface area contributed by atoms with Gasteiger partial charge in [-0.2, -0.15) is 4.31 Å². The molecule has 0 spiro atoms. The molecular weight excluding hydrogens is 472 g/mol. The minimum absolute atomic E-state index is 0.0550. The van der Waals surface area contributed by atoms with Crippen molar-refractivity contribution >= 4 is 27.5 Å². The molecule has 0 saturated carbocycles. The standard InChI is InChI=1S/C26H29ClN2O4S/c1-5-33-25-15-10-21(26(30)28-19(3)20-8-11-23(27)12-9-20)16-22(25)17-29(4)34(31,32)24-13-6-18(2)7-14-24/h6-16,19H,5,17H2,1-4H3,(H,28,30)/t19-/m0/s1. The molecule has 1 amide bonds. The number of carbonyl (C=O) groups excluding carboxylic acids is 1. The van der Waals surface area contributed by atoms with E-state index in [0.717, 1.165) is 11.1 Å². The topological polar surface area (TPSA) is 75.7 Å². The minimum atomic E-state index is -3.71. The van der Waals surface area contributed by atoms with E-state index in [1.807, 2.05) is 32.9 Å². The molecule has 3 rings (SSSR count). The van der Waals surface area contributed by atoms with Gasteiger partial charge >= 0.3 is 0 Å². The van der Waals surface area contributed by atoms with E-state index in [4.69, 9.17) is 16.3 Å². The van der Waals surface area contributed by atoms with E-state index < -0.39 is 10.0 Å². The minimum Gasteiger partial charge on any atom is -0.494 e. The molecule has 0 radical (unpaired) electrons. The second-order valence-corrected chi connectivity index (χ2v) is 10.6. The van der Waals surface area contributed by atoms with Crippen LogP contribution in [0.15, 0.2) is 71.6 Å². The second-order valence-electron chi connectivity index (χ2n) is 8.08. The lowest BCUT2D eigenvalue weighted by Crippen LogP contribution is -2.28. The summed E-state index contributed by atoms with van der Waals surface area (Å²) in [7, 11) is -2.20. The van der Waals surface area contributed by atoms with Crippen molar-refractivity contribution in [2.75, 3.05) is 13.7 Å². The average molecular weight is 501 g/mol. The van der Waals surface area contributed by atoms with E-state index in [9.17, 15) is 13.2 Å². The van der Waals surface area contributed by atoms with Crippen molar-refractivity contribution < 1.29 is 17.9 Å². The maximum Gasteiger partial charge on any atom is 0.251 e. The number of sulfonamides is 1. The molecule has 0 fully saturated rings. The molecule has 8 heteroatoms. The first-order valence-electron chi connectivity index (χ1n) is 11.0. The molecule has 1 atom stereocenters. The molecule has 1 N–H and O–H groups in total. The summed E-state index contributed by atoms with van der Waals surface area (Å²) in [6, 6.07) is 18.8. The van der Waals surface area contributed by atoms with Crippen LogP contribution in [-0.2, 0) is 16.6 Å². The Hall–Kier alpha value is -2.87. The molecule has 180 valence electrons. The third-order valence-corrected chi connectivity index (χ3v) is 7.53. The number of amides is 1. The van der Waals surface area contributed by atoms with Crippen molar-refractivity contribution in [1.82, 2.24) is 9.62 Å². The molecule has 0 aliphatic carbocycles. The highest BCUT2D eigenvalue weighted by atomic mass is 35.5. The molecule has 0 heterocycles. The van der Waals surface area contributed by atoms with Crippen molar-refractivity contribution in [2.45, 2.75) is 38.3 Å². The molecule has 0 saturated heterocycles. The van der Waals surface area contributed by atoms with Crippen LogP contribution < -0.4 is 10.1 Å². The zero-order valence-corrected chi connectivity index (χ0v) is 21.3. The van der Waals surface area contributed by atoms with E-state index in [2.05, 4.69) is 5.32 Å². The molecule has 0 unspecified atom stereocenters. The maximum absolute atomic E-state index is 13.1. The number of rotatable bonds is 9. The van der Waals surface area contributed by atoms with Gasteiger partial charge in [0.05, 0.1) is 17.5 Å². The number of aryl methyl sites for hydroxylation is 1. The third-order valence-electron chi connectivity index (χ3n) is 5.46. The predicted molar refractivity (Wildman–Crippen MR) is 135 cm³/mol. The Labute approximate surface area is 206 Å². The van der Waals surface area contributed by atoms with Gasteiger partial charge in [0, 0.05) is 29.7 Å². The SMILES string of the molecule is CCOc1ccc(C(=O)N[C@@H](C)c2ccc(Cl)cc2)cc1CN(C)S(=O)(=O)c1ccc(C)cc1. The molecule has 34 heavy (non-hydrogen) atoms. The first kappa shape index (κ1) is 25.7. The van der Waals surface area contributed by atoms with Crippen molar-refractivity contribution in [3.05, 3.63) is 94.0 Å². The van der Waals surface area contributed by atoms with Gasteiger partial charge in [-0.15, -0.1) is 0 Å². The number of hydrogen-bond donors (Lipinski definition) is 1. The fourth-order valence-corrected chi connectivity index (χ4v) is 4.75. The van der Waals surface area contributed by atoms with E-state index in [1.165, 1.54) is 11.4 Å². The zero-order valence-electron chi connectivity index (χ0n) is 19.7. The maximum atomic E-state index is 13.1. The van der Waals surface area contributed by atoms with Gasteiger partial charge in [-0.1, -0.05) is 41.4 Å². The Balaban J connectivity index is 1.83. The van der Waals surface area contributed by atoms with E-state index in [0.29, 0.717) is 28.5 Å². The summed E-state index contributed by atoms with van der Waals surface area (Å²) in [4.78, 5) is 13.2. The summed E-state index contributed by atoms with van der Waals surface area (Å²) in [5, 5.41) is 3.60. The molecule has 0 aromatic heterocycles. The Morgan fingerprint density at radius 3 is 2.32 bits per heavy atom. The lowest BCUT2D eigenvalue weighted by molar-refractivity contribution is 0.0939. The van der Waals surface area contributed by atoms with Gasteiger partial charge < -0.3 is 10.1 Å². The van der Waals surface area contributed by atoms with Crippen molar-refractivity contribution in [3.8, 4) is 5.75 Å². The summed E-state index contributed by atoms with van der Waals surface area (Å²) in [5.41, 5.74) is 2.92. The van der Waals surface area contributed by atoms with Gasteiger partial charge in [-0.25, -0.2) is 8.42 Å². The lowest BCUT2D eigenvalue weighted by Gasteiger charge is -2.20. The van der Waals surface area contributed by atoms with E-state index in [-0.39, 0.29) is 23.4 Å². The summed E-state index contributed by atoms with van der Waals surface area (Å²) < 4.78 is 33.1. The van der Waals surface area contributed by atoms with Crippen LogP contribution in [0.2, 0.25) is 5.02 Å². The molecule has 3 aromatic rings. The Kier molecular flexibility index (Phi) is 8.36. The molecule has 3 aromatic carbocycles. The van der Waals surface area contributed by atoms with Crippen LogP contribution in [0.1, 0.15) is 46.9 Å². The van der Waals surface area contributed by atoms with Gasteiger partial charge in [0.15, 0.2) is 0 Å². The van der Waals surface area contributed by atoms with Crippen LogP contribution in [0.4, 0.5) is 0 Å². The average Bonchev–Trinajstić information content (AvgIpc) is 2.80. The first-order chi connectivity index (χ1) is 16.1. The van der Waals surface area contributed by atoms with Crippen LogP contribution in [0.3, 0.4) is 0 Å². The largest absolute Gasteiger partial charge is 0.494 e. The number of hydrogen-bond acceptors (Lipinski definition) is 4. The summed E-state index contributed by atoms with van der Waals surface area (Å²) in [6.45, 7) is 6.11. The van der Waals surface area contributed by atoms with Crippen molar-refractivity contribution in [2.24, 2.45) is 0 Å². The van der Waals surface area contributed by atoms with Crippen molar-refractivity contribution in [1.29, 1.82) is 0 Å². The normalized spacial score (nSPS) is 12.4. The number of ether oxygens (including phenoxy) is 1. The van der Waals surface area contributed by atoms with Crippen LogP contribution in [0, 0.1) is 6.92 Å². The van der Waals surface area contributed by atoms with Crippen LogP contribution in [0.25, 0.3) is 0 Å². The number of halogens is 1. The second kappa shape index (κ2) is 11.0. The molecular formula is C26H29ClN2O4S. The van der Waals surface area contributed by atoms with E-state index in [1.54, 1.807) is 54.6 Å². The van der Waals surface area contributed by atoms with Crippen LogP contribution in [-0.4, -0.2) is 32.3 Å². The zero-order chi connectivity index (χ0) is 24.9. The molecule has 6 nitrogen and oxygen atoms in total. The highest BCUT2D eigenvalue weighted by molar-refractivity contribution is 7.89. The Morgan fingerprint density at radius 2 is 1.71 bits per heavy atom. The van der Waals surface area contributed by atoms with Gasteiger partial charge in [-0.05, 0) is 68.8 Å². The number of nitrogens with zero attached hydrogens (tertiary/aromatic N) is 1. The lowest BCUT2D eigenvalue weighted by atomic mass is 10.1. The number of nitrogens with one attached hydrogen (secondary N) is 1. The van der Waals surface area contributed by atoms with Gasteiger partial charge in [0.2, 0.25) is 10.0 Å².